The zero-order valence-electron chi connectivity index (χ0n) is 12.3. The van der Waals surface area contributed by atoms with Crippen molar-refractivity contribution in [2.75, 3.05) is 0 Å². The van der Waals surface area contributed by atoms with Gasteiger partial charge in [-0.2, -0.15) is 0 Å². The molecule has 5 heteroatoms. The summed E-state index contributed by atoms with van der Waals surface area (Å²) in [5.41, 5.74) is 1.12. The summed E-state index contributed by atoms with van der Waals surface area (Å²) in [6.07, 6.45) is 1.51. The Bertz CT molecular complexity index is 512. The zero-order chi connectivity index (χ0) is 15.4. The first-order valence-corrected chi connectivity index (χ1v) is 7.24. The first kappa shape index (κ1) is 15.4. The van der Waals surface area contributed by atoms with Gasteiger partial charge in [-0.05, 0) is 38.8 Å². The number of benzene rings is 1. The van der Waals surface area contributed by atoms with Crippen molar-refractivity contribution < 1.29 is 19.4 Å². The summed E-state index contributed by atoms with van der Waals surface area (Å²) >= 11 is 0. The summed E-state index contributed by atoms with van der Waals surface area (Å²) in [7, 11) is 0. The molecule has 0 aromatic heterocycles. The van der Waals surface area contributed by atoms with Crippen molar-refractivity contribution in [3.05, 3.63) is 29.8 Å². The van der Waals surface area contributed by atoms with E-state index in [1.807, 2.05) is 31.2 Å². The molecule has 0 bridgehead atoms. The monoisotopic (exact) mass is 291 g/mol. The zero-order valence-corrected chi connectivity index (χ0v) is 12.3. The van der Waals surface area contributed by atoms with Crippen molar-refractivity contribution in [3.63, 3.8) is 0 Å². The topological polar surface area (TPSA) is 75.6 Å². The average Bonchev–Trinajstić information content (AvgIpc) is 2.89. The lowest BCUT2D eigenvalue weighted by Crippen LogP contribution is -2.45. The fourth-order valence-corrected chi connectivity index (χ4v) is 2.60. The van der Waals surface area contributed by atoms with Crippen LogP contribution in [0.25, 0.3) is 0 Å². The highest BCUT2D eigenvalue weighted by molar-refractivity contribution is 5.82. The maximum Gasteiger partial charge on any atom is 0.308 e. The third-order valence-corrected chi connectivity index (χ3v) is 3.86. The molecule has 21 heavy (non-hydrogen) atoms. The molecule has 0 aliphatic heterocycles. The third kappa shape index (κ3) is 3.97. The molecule has 2 rings (SSSR count). The van der Waals surface area contributed by atoms with Crippen molar-refractivity contribution in [1.29, 1.82) is 0 Å². The van der Waals surface area contributed by atoms with E-state index in [1.165, 1.54) is 0 Å². The molecule has 1 amide bonds. The molecule has 0 radical (unpaired) electrons. The minimum Gasteiger partial charge on any atom is -0.481 e. The first-order chi connectivity index (χ1) is 9.97. The Labute approximate surface area is 124 Å². The average molecular weight is 291 g/mol. The Balaban J connectivity index is 1.90. The summed E-state index contributed by atoms with van der Waals surface area (Å²) in [5.74, 6) is -0.969. The van der Waals surface area contributed by atoms with Crippen LogP contribution in [0.4, 0.5) is 0 Å². The van der Waals surface area contributed by atoms with Crippen LogP contribution in [0.2, 0.25) is 0 Å². The highest BCUT2D eigenvalue weighted by Crippen LogP contribution is 2.26. The third-order valence-electron chi connectivity index (χ3n) is 3.86. The Morgan fingerprint density at radius 2 is 1.95 bits per heavy atom. The van der Waals surface area contributed by atoms with Crippen molar-refractivity contribution in [3.8, 4) is 5.75 Å². The fourth-order valence-electron chi connectivity index (χ4n) is 2.60. The molecule has 0 spiro atoms. The molecule has 1 fully saturated rings. The molecule has 1 aromatic carbocycles. The molecule has 3 unspecified atom stereocenters. The summed E-state index contributed by atoms with van der Waals surface area (Å²) in [6, 6.07) is 7.16. The van der Waals surface area contributed by atoms with Gasteiger partial charge in [0.1, 0.15) is 5.75 Å². The molecular weight excluding hydrogens is 270 g/mol. The molecule has 1 saturated carbocycles. The van der Waals surface area contributed by atoms with E-state index in [-0.39, 0.29) is 11.9 Å². The second-order valence-electron chi connectivity index (χ2n) is 5.56. The van der Waals surface area contributed by atoms with Crippen molar-refractivity contribution in [2.45, 2.75) is 45.3 Å². The maximum atomic E-state index is 12.1. The van der Waals surface area contributed by atoms with Crippen LogP contribution in [0.15, 0.2) is 24.3 Å². The van der Waals surface area contributed by atoms with Crippen molar-refractivity contribution in [2.24, 2.45) is 5.92 Å². The van der Waals surface area contributed by atoms with Crippen molar-refractivity contribution in [1.82, 2.24) is 5.32 Å². The van der Waals surface area contributed by atoms with E-state index >= 15 is 0 Å². The van der Waals surface area contributed by atoms with Crippen LogP contribution < -0.4 is 10.1 Å². The van der Waals surface area contributed by atoms with E-state index in [0.717, 1.165) is 12.0 Å². The molecule has 1 aliphatic carbocycles. The summed E-state index contributed by atoms with van der Waals surface area (Å²) in [6.45, 7) is 3.64. The smallest absolute Gasteiger partial charge is 0.308 e. The van der Waals surface area contributed by atoms with Crippen LogP contribution in [0.3, 0.4) is 0 Å². The summed E-state index contributed by atoms with van der Waals surface area (Å²) in [4.78, 5) is 23.2. The maximum absolute atomic E-state index is 12.1. The molecular formula is C16H21NO4. The van der Waals surface area contributed by atoms with E-state index < -0.39 is 18.0 Å². The van der Waals surface area contributed by atoms with Gasteiger partial charge in [-0.3, -0.25) is 9.59 Å². The van der Waals surface area contributed by atoms with E-state index in [2.05, 4.69) is 5.32 Å². The van der Waals surface area contributed by atoms with Gasteiger partial charge >= 0.3 is 5.97 Å². The van der Waals surface area contributed by atoms with Crippen molar-refractivity contribution >= 4 is 11.9 Å². The summed E-state index contributed by atoms with van der Waals surface area (Å²) in [5, 5.41) is 11.9. The van der Waals surface area contributed by atoms with E-state index in [9.17, 15) is 9.59 Å². The molecule has 2 N–H and O–H groups in total. The van der Waals surface area contributed by atoms with Gasteiger partial charge in [0.05, 0.1) is 5.92 Å². The lowest BCUT2D eigenvalue weighted by Gasteiger charge is -2.21. The number of carbonyl (C=O) groups is 2. The lowest BCUT2D eigenvalue weighted by atomic mass is 10.0. The number of nitrogens with one attached hydrogen (secondary N) is 1. The molecule has 5 nitrogen and oxygen atoms in total. The van der Waals surface area contributed by atoms with Gasteiger partial charge in [-0.25, -0.2) is 0 Å². The summed E-state index contributed by atoms with van der Waals surface area (Å²) < 4.78 is 5.58. The second kappa shape index (κ2) is 6.61. The SMILES string of the molecule is Cc1ccc(OC(C)C(=O)NC2CCCC2C(=O)O)cc1. The second-order valence-corrected chi connectivity index (χ2v) is 5.56. The number of carbonyl (C=O) groups excluding carboxylic acids is 1. The predicted octanol–water partition coefficient (Wildman–Crippen LogP) is 2.13. The molecule has 3 atom stereocenters. The minimum atomic E-state index is -0.843. The first-order valence-electron chi connectivity index (χ1n) is 7.24. The van der Waals surface area contributed by atoms with E-state index in [4.69, 9.17) is 9.84 Å². The van der Waals surface area contributed by atoms with Gasteiger partial charge in [0.15, 0.2) is 6.10 Å². The van der Waals surface area contributed by atoms with Crippen LogP contribution in [-0.4, -0.2) is 29.1 Å². The number of carboxylic acid groups (broad SMARTS) is 1. The Kier molecular flexibility index (Phi) is 4.83. The molecule has 0 heterocycles. The number of aryl methyl sites for hydroxylation is 1. The lowest BCUT2D eigenvalue weighted by molar-refractivity contribution is -0.142. The van der Waals surface area contributed by atoms with Gasteiger partial charge < -0.3 is 15.2 Å². The molecule has 1 aromatic rings. The number of rotatable bonds is 5. The minimum absolute atomic E-state index is 0.270. The number of hydrogen-bond donors (Lipinski definition) is 2. The predicted molar refractivity (Wildman–Crippen MR) is 78.2 cm³/mol. The number of ether oxygens (including phenoxy) is 1. The Morgan fingerprint density at radius 1 is 1.29 bits per heavy atom. The standard InChI is InChI=1S/C16H21NO4/c1-10-6-8-12(9-7-10)21-11(2)15(18)17-14-5-3-4-13(14)16(19)20/h6-9,11,13-14H,3-5H2,1-2H3,(H,17,18)(H,19,20). The number of aliphatic carboxylic acids is 1. The molecule has 114 valence electrons. The number of amides is 1. The van der Waals surface area contributed by atoms with Gasteiger partial charge in [0.2, 0.25) is 0 Å². The van der Waals surface area contributed by atoms with Gasteiger partial charge in [0, 0.05) is 6.04 Å². The molecule has 0 saturated heterocycles. The van der Waals surface area contributed by atoms with Gasteiger partial charge in [0.25, 0.3) is 5.91 Å². The van der Waals surface area contributed by atoms with Gasteiger partial charge in [-0.1, -0.05) is 24.1 Å². The Hall–Kier alpha value is -2.04. The van der Waals surface area contributed by atoms with E-state index in [0.29, 0.717) is 18.6 Å². The van der Waals surface area contributed by atoms with E-state index in [1.54, 1.807) is 6.92 Å². The van der Waals surface area contributed by atoms with Crippen LogP contribution in [0.1, 0.15) is 31.7 Å². The van der Waals surface area contributed by atoms with Crippen LogP contribution in [0, 0.1) is 12.8 Å². The fraction of sp³-hybridized carbons (Fsp3) is 0.500. The quantitative estimate of drug-likeness (QED) is 0.871. The Morgan fingerprint density at radius 3 is 2.57 bits per heavy atom. The largest absolute Gasteiger partial charge is 0.481 e. The van der Waals surface area contributed by atoms with Crippen LogP contribution in [-0.2, 0) is 9.59 Å². The number of carboxylic acids is 1. The van der Waals surface area contributed by atoms with Gasteiger partial charge in [-0.15, -0.1) is 0 Å². The van der Waals surface area contributed by atoms with Crippen LogP contribution >= 0.6 is 0 Å². The highest BCUT2D eigenvalue weighted by atomic mass is 16.5. The molecule has 1 aliphatic rings. The number of hydrogen-bond acceptors (Lipinski definition) is 3. The normalized spacial score (nSPS) is 22.6. The highest BCUT2D eigenvalue weighted by Gasteiger charge is 2.34. The van der Waals surface area contributed by atoms with Crippen LogP contribution in [0.5, 0.6) is 5.75 Å².